The van der Waals surface area contributed by atoms with Crippen LogP contribution >= 0.6 is 21.6 Å². The SMILES string of the molecule is CCNC(=O)C(C)SSC. The molecule has 0 radical (unpaired) electrons. The number of rotatable bonds is 4. The van der Waals surface area contributed by atoms with Crippen LogP contribution in [-0.2, 0) is 4.79 Å². The topological polar surface area (TPSA) is 29.1 Å². The Bertz CT molecular complexity index is 108. The summed E-state index contributed by atoms with van der Waals surface area (Å²) in [5.74, 6) is 0.127. The van der Waals surface area contributed by atoms with E-state index in [2.05, 4.69) is 5.32 Å². The number of nitrogens with one attached hydrogen (secondary N) is 1. The molecule has 2 nitrogen and oxygen atoms in total. The number of hydrogen-bond donors (Lipinski definition) is 1. The zero-order valence-corrected chi connectivity index (χ0v) is 8.14. The van der Waals surface area contributed by atoms with Gasteiger partial charge in [-0.3, -0.25) is 4.79 Å². The van der Waals surface area contributed by atoms with Gasteiger partial charge in [-0.15, -0.1) is 0 Å². The number of carbonyl (C=O) groups excluding carboxylic acids is 1. The van der Waals surface area contributed by atoms with E-state index in [1.54, 1.807) is 21.6 Å². The van der Waals surface area contributed by atoms with Crippen molar-refractivity contribution < 1.29 is 4.79 Å². The van der Waals surface area contributed by atoms with Crippen LogP contribution in [0.4, 0.5) is 0 Å². The molecule has 60 valence electrons. The summed E-state index contributed by atoms with van der Waals surface area (Å²) in [4.78, 5) is 11.0. The highest BCUT2D eigenvalue weighted by Crippen LogP contribution is 2.22. The second kappa shape index (κ2) is 5.92. The molecule has 0 saturated heterocycles. The van der Waals surface area contributed by atoms with Gasteiger partial charge in [0.25, 0.3) is 0 Å². The van der Waals surface area contributed by atoms with Crippen LogP contribution in [0.25, 0.3) is 0 Å². The Morgan fingerprint density at radius 3 is 2.70 bits per heavy atom. The van der Waals surface area contributed by atoms with Crippen LogP contribution < -0.4 is 5.32 Å². The molecule has 1 atom stereocenters. The lowest BCUT2D eigenvalue weighted by atomic mass is 10.4. The lowest BCUT2D eigenvalue weighted by molar-refractivity contribution is -0.120. The molecule has 0 spiro atoms. The van der Waals surface area contributed by atoms with E-state index in [0.29, 0.717) is 0 Å². The summed E-state index contributed by atoms with van der Waals surface area (Å²) >= 11 is 0. The van der Waals surface area contributed by atoms with Crippen molar-refractivity contribution in [3.63, 3.8) is 0 Å². The molecule has 0 bridgehead atoms. The molecule has 0 aliphatic heterocycles. The van der Waals surface area contributed by atoms with Gasteiger partial charge in [-0.2, -0.15) is 0 Å². The first kappa shape index (κ1) is 10.2. The van der Waals surface area contributed by atoms with E-state index in [1.807, 2.05) is 20.1 Å². The fourth-order valence-electron chi connectivity index (χ4n) is 0.506. The Morgan fingerprint density at radius 1 is 1.70 bits per heavy atom. The van der Waals surface area contributed by atoms with Crippen LogP contribution in [0.5, 0.6) is 0 Å². The molecule has 4 heteroatoms. The lowest BCUT2D eigenvalue weighted by Crippen LogP contribution is -2.30. The first-order valence-electron chi connectivity index (χ1n) is 3.19. The second-order valence-electron chi connectivity index (χ2n) is 1.80. The molecule has 0 aromatic carbocycles. The minimum absolute atomic E-state index is 0.0648. The zero-order valence-electron chi connectivity index (χ0n) is 6.51. The quantitative estimate of drug-likeness (QED) is 0.663. The summed E-state index contributed by atoms with van der Waals surface area (Å²) in [5, 5.41) is 2.82. The van der Waals surface area contributed by atoms with Gasteiger partial charge in [-0.1, -0.05) is 21.6 Å². The van der Waals surface area contributed by atoms with Gasteiger partial charge in [0.15, 0.2) is 0 Å². The maximum atomic E-state index is 11.0. The maximum absolute atomic E-state index is 11.0. The van der Waals surface area contributed by atoms with Gasteiger partial charge in [0.1, 0.15) is 0 Å². The predicted molar refractivity (Wildman–Crippen MR) is 49.3 cm³/mol. The van der Waals surface area contributed by atoms with Gasteiger partial charge in [0.05, 0.1) is 5.25 Å². The van der Waals surface area contributed by atoms with E-state index >= 15 is 0 Å². The number of carbonyl (C=O) groups is 1. The van der Waals surface area contributed by atoms with E-state index in [0.717, 1.165) is 6.54 Å². The molecular weight excluding hydrogens is 166 g/mol. The molecule has 0 aliphatic carbocycles. The lowest BCUT2D eigenvalue weighted by Gasteiger charge is -2.07. The predicted octanol–water partition coefficient (Wildman–Crippen LogP) is 1.52. The molecule has 0 saturated carbocycles. The van der Waals surface area contributed by atoms with Gasteiger partial charge < -0.3 is 5.32 Å². The van der Waals surface area contributed by atoms with Gasteiger partial charge in [-0.05, 0) is 20.1 Å². The summed E-state index contributed by atoms with van der Waals surface area (Å²) in [7, 11) is 3.20. The first-order valence-corrected chi connectivity index (χ1v) is 5.81. The highest BCUT2D eigenvalue weighted by atomic mass is 33.1. The van der Waals surface area contributed by atoms with Crippen LogP contribution in [0.2, 0.25) is 0 Å². The standard InChI is InChI=1S/C6H13NOS2/c1-4-7-6(8)5(2)10-9-3/h5H,4H2,1-3H3,(H,7,8). The molecule has 0 aromatic rings. The largest absolute Gasteiger partial charge is 0.355 e. The Hall–Kier alpha value is 0.170. The van der Waals surface area contributed by atoms with E-state index in [-0.39, 0.29) is 11.2 Å². The summed E-state index contributed by atoms with van der Waals surface area (Å²) in [6, 6.07) is 0. The van der Waals surface area contributed by atoms with Crippen molar-refractivity contribution in [1.29, 1.82) is 0 Å². The molecule has 0 aliphatic rings. The highest BCUT2D eigenvalue weighted by molar-refractivity contribution is 8.76. The minimum Gasteiger partial charge on any atom is -0.355 e. The number of amides is 1. The molecule has 1 N–H and O–H groups in total. The molecule has 0 heterocycles. The second-order valence-corrected chi connectivity index (χ2v) is 4.61. The van der Waals surface area contributed by atoms with Crippen LogP contribution in [0.1, 0.15) is 13.8 Å². The smallest absolute Gasteiger partial charge is 0.233 e. The molecule has 1 unspecified atom stereocenters. The third kappa shape index (κ3) is 4.06. The Balaban J connectivity index is 3.49. The highest BCUT2D eigenvalue weighted by Gasteiger charge is 2.10. The van der Waals surface area contributed by atoms with E-state index in [9.17, 15) is 4.79 Å². The zero-order chi connectivity index (χ0) is 7.98. The van der Waals surface area contributed by atoms with E-state index in [4.69, 9.17) is 0 Å². The minimum atomic E-state index is 0.0648. The van der Waals surface area contributed by atoms with Crippen LogP contribution in [-0.4, -0.2) is 24.0 Å². The molecule has 10 heavy (non-hydrogen) atoms. The summed E-state index contributed by atoms with van der Waals surface area (Å²) in [6.07, 6.45) is 1.97. The van der Waals surface area contributed by atoms with Crippen LogP contribution in [0, 0.1) is 0 Å². The van der Waals surface area contributed by atoms with Crippen molar-refractivity contribution in [3.8, 4) is 0 Å². The molecule has 0 aromatic heterocycles. The van der Waals surface area contributed by atoms with Crippen molar-refractivity contribution in [1.82, 2.24) is 5.32 Å². The maximum Gasteiger partial charge on any atom is 0.233 e. The fourth-order valence-corrected chi connectivity index (χ4v) is 2.09. The van der Waals surface area contributed by atoms with E-state index in [1.165, 1.54) is 0 Å². The molecular formula is C6H13NOS2. The van der Waals surface area contributed by atoms with Crippen molar-refractivity contribution in [2.45, 2.75) is 19.1 Å². The average molecular weight is 179 g/mol. The normalized spacial score (nSPS) is 12.7. The van der Waals surface area contributed by atoms with Crippen molar-refractivity contribution in [3.05, 3.63) is 0 Å². The molecule has 0 fully saturated rings. The summed E-state index contributed by atoms with van der Waals surface area (Å²) < 4.78 is 0. The summed E-state index contributed by atoms with van der Waals surface area (Å²) in [6.45, 7) is 4.55. The molecule has 1 amide bonds. The Kier molecular flexibility index (Phi) is 6.02. The Morgan fingerprint density at radius 2 is 2.30 bits per heavy atom. The Labute approximate surface area is 69.9 Å². The van der Waals surface area contributed by atoms with Gasteiger partial charge in [0, 0.05) is 6.54 Å². The summed E-state index contributed by atoms with van der Waals surface area (Å²) in [5.41, 5.74) is 0. The van der Waals surface area contributed by atoms with E-state index < -0.39 is 0 Å². The van der Waals surface area contributed by atoms with Gasteiger partial charge in [-0.25, -0.2) is 0 Å². The van der Waals surface area contributed by atoms with Crippen molar-refractivity contribution in [2.24, 2.45) is 0 Å². The third-order valence-corrected chi connectivity index (χ3v) is 3.10. The monoisotopic (exact) mass is 179 g/mol. The van der Waals surface area contributed by atoms with Gasteiger partial charge >= 0.3 is 0 Å². The van der Waals surface area contributed by atoms with Crippen molar-refractivity contribution >= 4 is 27.5 Å². The number of hydrogen-bond acceptors (Lipinski definition) is 3. The third-order valence-electron chi connectivity index (χ3n) is 0.961. The fraction of sp³-hybridized carbons (Fsp3) is 0.833. The van der Waals surface area contributed by atoms with Crippen molar-refractivity contribution in [2.75, 3.05) is 12.8 Å². The first-order chi connectivity index (χ1) is 4.72. The average Bonchev–Trinajstić information content (AvgIpc) is 1.89. The van der Waals surface area contributed by atoms with Crippen LogP contribution in [0.15, 0.2) is 0 Å². The van der Waals surface area contributed by atoms with Crippen LogP contribution in [0.3, 0.4) is 0 Å². The molecule has 0 rings (SSSR count). The van der Waals surface area contributed by atoms with Gasteiger partial charge in [0.2, 0.25) is 5.91 Å².